The van der Waals surface area contributed by atoms with E-state index < -0.39 is 0 Å². The Labute approximate surface area is 151 Å². The number of hydrogen-bond donors (Lipinski definition) is 2. The quantitative estimate of drug-likeness (QED) is 0.689. The normalized spacial score (nSPS) is 13.9. The Hall–Kier alpha value is -2.59. The van der Waals surface area contributed by atoms with Gasteiger partial charge in [-0.05, 0) is 55.2 Å². The second kappa shape index (κ2) is 6.37. The lowest BCUT2D eigenvalue weighted by molar-refractivity contribution is 0.475. The van der Waals surface area contributed by atoms with Crippen LogP contribution in [0.15, 0.2) is 47.5 Å². The first-order valence-corrected chi connectivity index (χ1v) is 8.65. The maximum absolute atomic E-state index is 10.0. The third kappa shape index (κ3) is 3.05. The molecule has 1 aromatic heterocycles. The lowest BCUT2D eigenvalue weighted by Crippen LogP contribution is -2.07. The lowest BCUT2D eigenvalue weighted by atomic mass is 9.94. The van der Waals surface area contributed by atoms with Gasteiger partial charge in [-0.25, -0.2) is 0 Å². The molecule has 0 amide bonds. The summed E-state index contributed by atoms with van der Waals surface area (Å²) in [5.74, 6) is 0.245. The number of aromatic amines is 1. The van der Waals surface area contributed by atoms with Crippen LogP contribution >= 0.6 is 11.6 Å². The maximum Gasteiger partial charge on any atom is 0.116 e. The number of hydrogen-bond acceptors (Lipinski definition) is 3. The van der Waals surface area contributed by atoms with Crippen molar-refractivity contribution in [2.75, 3.05) is 0 Å². The molecule has 0 atom stereocenters. The van der Waals surface area contributed by atoms with Crippen molar-refractivity contribution in [2.24, 2.45) is 4.99 Å². The van der Waals surface area contributed by atoms with Gasteiger partial charge in [-0.3, -0.25) is 10.1 Å². The summed E-state index contributed by atoms with van der Waals surface area (Å²) in [5.41, 5.74) is 7.29. The van der Waals surface area contributed by atoms with Crippen molar-refractivity contribution in [3.63, 3.8) is 0 Å². The van der Waals surface area contributed by atoms with E-state index in [-0.39, 0.29) is 5.75 Å². The van der Waals surface area contributed by atoms with E-state index in [9.17, 15) is 5.11 Å². The molecule has 0 radical (unpaired) electrons. The zero-order valence-electron chi connectivity index (χ0n) is 13.9. The number of H-pyrrole nitrogens is 1. The van der Waals surface area contributed by atoms with Gasteiger partial charge in [0.15, 0.2) is 0 Å². The minimum atomic E-state index is 0.245. The van der Waals surface area contributed by atoms with Crippen molar-refractivity contribution in [1.29, 1.82) is 0 Å². The minimum absolute atomic E-state index is 0.245. The number of aromatic hydroxyl groups is 1. The van der Waals surface area contributed by atoms with Gasteiger partial charge in [-0.15, -0.1) is 0 Å². The molecular formula is C20H18ClN3O. The number of nitrogens with one attached hydrogen (secondary N) is 1. The van der Waals surface area contributed by atoms with Crippen molar-refractivity contribution < 1.29 is 5.11 Å². The molecule has 0 bridgehead atoms. The summed E-state index contributed by atoms with van der Waals surface area (Å²) in [6.07, 6.45) is 1.77. The molecule has 4 rings (SSSR count). The summed E-state index contributed by atoms with van der Waals surface area (Å²) in [6.45, 7) is 2.55. The monoisotopic (exact) mass is 351 g/mol. The molecule has 4 nitrogen and oxygen atoms in total. The highest BCUT2D eigenvalue weighted by Crippen LogP contribution is 2.26. The number of nitrogens with zero attached hydrogens (tertiary/aromatic N) is 2. The average Bonchev–Trinajstić information content (AvgIpc) is 2.98. The molecule has 25 heavy (non-hydrogen) atoms. The molecule has 3 aromatic rings. The van der Waals surface area contributed by atoms with Gasteiger partial charge in [-0.1, -0.05) is 29.8 Å². The summed E-state index contributed by atoms with van der Waals surface area (Å²) in [5, 5.41) is 18.2. The van der Waals surface area contributed by atoms with Gasteiger partial charge in [0.1, 0.15) is 5.75 Å². The van der Waals surface area contributed by atoms with Gasteiger partial charge in [0.25, 0.3) is 0 Å². The van der Waals surface area contributed by atoms with Crippen molar-refractivity contribution in [1.82, 2.24) is 10.2 Å². The highest BCUT2D eigenvalue weighted by molar-refractivity contribution is 6.30. The molecule has 2 aromatic carbocycles. The summed E-state index contributed by atoms with van der Waals surface area (Å²) in [6, 6.07) is 13.2. The fourth-order valence-electron chi connectivity index (χ4n) is 3.32. The fourth-order valence-corrected chi connectivity index (χ4v) is 3.45. The van der Waals surface area contributed by atoms with Crippen LogP contribution in [-0.2, 0) is 19.4 Å². The molecule has 0 saturated carbocycles. The van der Waals surface area contributed by atoms with Crippen LogP contribution < -0.4 is 0 Å². The van der Waals surface area contributed by atoms with Gasteiger partial charge < -0.3 is 5.11 Å². The molecular weight excluding hydrogens is 334 g/mol. The molecule has 0 fully saturated rings. The number of benzene rings is 2. The maximum atomic E-state index is 10.0. The Morgan fingerprint density at radius 2 is 1.88 bits per heavy atom. The lowest BCUT2D eigenvalue weighted by Gasteiger charge is -2.13. The largest absolute Gasteiger partial charge is 0.508 e. The van der Waals surface area contributed by atoms with Crippen LogP contribution in [0.5, 0.6) is 5.75 Å². The van der Waals surface area contributed by atoms with E-state index in [1.807, 2.05) is 37.3 Å². The predicted molar refractivity (Wildman–Crippen MR) is 99.6 cm³/mol. The van der Waals surface area contributed by atoms with Crippen LogP contribution in [-0.4, -0.2) is 21.0 Å². The van der Waals surface area contributed by atoms with E-state index in [2.05, 4.69) is 10.2 Å². The van der Waals surface area contributed by atoms with Crippen molar-refractivity contribution >= 4 is 17.3 Å². The van der Waals surface area contributed by atoms with Crippen LogP contribution in [0.4, 0.5) is 0 Å². The zero-order valence-corrected chi connectivity index (χ0v) is 14.6. The molecule has 0 spiro atoms. The molecule has 5 heteroatoms. The Morgan fingerprint density at radius 3 is 2.68 bits per heavy atom. The number of rotatable bonds is 1. The van der Waals surface area contributed by atoms with Gasteiger partial charge in [-0.2, -0.15) is 5.10 Å². The summed E-state index contributed by atoms with van der Waals surface area (Å²) in [4.78, 5) is 4.86. The van der Waals surface area contributed by atoms with Crippen molar-refractivity contribution in [3.8, 4) is 5.75 Å². The number of aliphatic imine (C=N–C) groups is 1. The standard InChI is InChI=1S/C20H18ClN3O/c1-12-17-9-5-13-4-8-16(25)10-18(13)20(22-11-19(17)24-23-12)14-2-6-15(21)7-3-14/h2-4,6-8,10,25H,5,9,11H2,1H3,(H,23,24). The highest BCUT2D eigenvalue weighted by atomic mass is 35.5. The van der Waals surface area contributed by atoms with E-state index >= 15 is 0 Å². The van der Waals surface area contributed by atoms with E-state index in [0.717, 1.165) is 41.1 Å². The average molecular weight is 352 g/mol. The molecule has 2 N–H and O–H groups in total. The van der Waals surface area contributed by atoms with Crippen LogP contribution in [0.1, 0.15) is 33.6 Å². The van der Waals surface area contributed by atoms with E-state index in [1.165, 1.54) is 11.1 Å². The number of aromatic nitrogens is 2. The fraction of sp³-hybridized carbons (Fsp3) is 0.200. The van der Waals surface area contributed by atoms with Gasteiger partial charge in [0, 0.05) is 21.8 Å². The first kappa shape index (κ1) is 15.9. The number of fused-ring (bicyclic) bond motifs is 2. The van der Waals surface area contributed by atoms with E-state index in [4.69, 9.17) is 16.6 Å². The van der Waals surface area contributed by atoms with Crippen LogP contribution in [0.3, 0.4) is 0 Å². The van der Waals surface area contributed by atoms with Gasteiger partial charge >= 0.3 is 0 Å². The number of phenols is 1. The van der Waals surface area contributed by atoms with E-state index in [1.54, 1.807) is 12.1 Å². The molecule has 0 saturated heterocycles. The number of aryl methyl sites for hydroxylation is 2. The van der Waals surface area contributed by atoms with Crippen molar-refractivity contribution in [2.45, 2.75) is 26.3 Å². The molecule has 0 aliphatic carbocycles. The first-order valence-electron chi connectivity index (χ1n) is 8.27. The first-order chi connectivity index (χ1) is 12.1. The molecule has 0 unspecified atom stereocenters. The summed E-state index contributed by atoms with van der Waals surface area (Å²) >= 11 is 6.04. The number of phenolic OH excluding ortho intramolecular Hbond substituents is 1. The molecule has 1 aliphatic rings. The van der Waals surface area contributed by atoms with E-state index in [0.29, 0.717) is 11.6 Å². The van der Waals surface area contributed by atoms with Crippen LogP contribution in [0, 0.1) is 6.92 Å². The Bertz CT molecular complexity index is 958. The Balaban J connectivity index is 1.90. The second-order valence-electron chi connectivity index (χ2n) is 6.29. The predicted octanol–water partition coefficient (Wildman–Crippen LogP) is 4.21. The Kier molecular flexibility index (Phi) is 4.06. The van der Waals surface area contributed by atoms with Crippen molar-refractivity contribution in [3.05, 3.63) is 81.1 Å². The third-order valence-corrected chi connectivity index (χ3v) is 4.91. The SMILES string of the molecule is Cc1[nH]nc2c1CCc1ccc(O)cc1C(c1ccc(Cl)cc1)=NC2. The topological polar surface area (TPSA) is 61.3 Å². The highest BCUT2D eigenvalue weighted by Gasteiger charge is 2.18. The molecule has 2 heterocycles. The molecule has 1 aliphatic heterocycles. The Morgan fingerprint density at radius 1 is 1.08 bits per heavy atom. The third-order valence-electron chi connectivity index (χ3n) is 4.66. The smallest absolute Gasteiger partial charge is 0.116 e. The van der Waals surface area contributed by atoms with Gasteiger partial charge in [0.05, 0.1) is 18.0 Å². The zero-order chi connectivity index (χ0) is 17.4. The summed E-state index contributed by atoms with van der Waals surface area (Å²) in [7, 11) is 0. The van der Waals surface area contributed by atoms with Gasteiger partial charge in [0.2, 0.25) is 0 Å². The minimum Gasteiger partial charge on any atom is -0.508 e. The second-order valence-corrected chi connectivity index (χ2v) is 6.72. The molecule has 126 valence electrons. The van der Waals surface area contributed by atoms with Crippen LogP contribution in [0.25, 0.3) is 0 Å². The number of halogens is 1. The summed E-state index contributed by atoms with van der Waals surface area (Å²) < 4.78 is 0. The van der Waals surface area contributed by atoms with Crippen LogP contribution in [0.2, 0.25) is 5.02 Å².